The van der Waals surface area contributed by atoms with Crippen molar-refractivity contribution in [3.05, 3.63) is 0 Å². The van der Waals surface area contributed by atoms with E-state index in [-0.39, 0.29) is 11.8 Å². The van der Waals surface area contributed by atoms with Crippen LogP contribution in [0.4, 0.5) is 0 Å². The molecule has 0 aromatic carbocycles. The van der Waals surface area contributed by atoms with Crippen LogP contribution in [0.25, 0.3) is 0 Å². The topological polar surface area (TPSA) is 40.6 Å². The van der Waals surface area contributed by atoms with Gasteiger partial charge in [0.1, 0.15) is 0 Å². The number of nitrogens with zero attached hydrogens (tertiary/aromatic N) is 2. The summed E-state index contributed by atoms with van der Waals surface area (Å²) in [6.07, 6.45) is 5.00. The molecule has 0 aliphatic rings. The summed E-state index contributed by atoms with van der Waals surface area (Å²) in [6, 6.07) is 0. The summed E-state index contributed by atoms with van der Waals surface area (Å²) in [4.78, 5) is 27.2. The van der Waals surface area contributed by atoms with E-state index in [0.29, 0.717) is 24.6 Å². The quantitative estimate of drug-likeness (QED) is 0.376. The average molecular weight is 353 g/mol. The average Bonchev–Trinajstić information content (AvgIpc) is 2.50. The molecule has 0 saturated carbocycles. The van der Waals surface area contributed by atoms with Crippen molar-refractivity contribution >= 4 is 35.0 Å². The number of unbranched alkanes of at least 4 members (excludes halogenated alkanes) is 3. The second-order valence-electron chi connectivity index (χ2n) is 5.24. The van der Waals surface area contributed by atoms with Crippen molar-refractivity contribution in [1.29, 1.82) is 0 Å². The highest BCUT2D eigenvalue weighted by atomic mass is 35.5. The van der Waals surface area contributed by atoms with Crippen LogP contribution in [-0.2, 0) is 9.59 Å². The summed E-state index contributed by atoms with van der Waals surface area (Å²) in [5.41, 5.74) is 0. The maximum absolute atomic E-state index is 11.7. The molecule has 130 valence electrons. The molecule has 0 radical (unpaired) electrons. The van der Waals surface area contributed by atoms with Gasteiger partial charge in [-0.1, -0.05) is 12.8 Å². The van der Waals surface area contributed by atoms with Gasteiger partial charge in [0, 0.05) is 50.8 Å². The van der Waals surface area contributed by atoms with E-state index in [0.717, 1.165) is 51.9 Å². The molecule has 2 amide bonds. The zero-order valence-electron chi connectivity index (χ0n) is 14.0. The Hall–Kier alpha value is -0.480. The maximum Gasteiger partial charge on any atom is 0.223 e. The minimum Gasteiger partial charge on any atom is -0.343 e. The summed E-state index contributed by atoms with van der Waals surface area (Å²) >= 11 is 11.2. The lowest BCUT2D eigenvalue weighted by Gasteiger charge is -2.21. The Kier molecular flexibility index (Phi) is 13.8. The number of rotatable bonds is 13. The van der Waals surface area contributed by atoms with Crippen molar-refractivity contribution in [2.45, 2.75) is 52.4 Å². The number of carbonyl (C=O) groups excluding carboxylic acids is 2. The number of carbonyl (C=O) groups is 2. The van der Waals surface area contributed by atoms with Crippen LogP contribution >= 0.6 is 23.2 Å². The smallest absolute Gasteiger partial charge is 0.223 e. The molecule has 0 N–H and O–H groups in total. The van der Waals surface area contributed by atoms with Crippen LogP contribution in [-0.4, -0.2) is 59.6 Å². The standard InChI is InChI=1S/C16H30Cl2N2O2/c1-3-19(15(21)9-11-17)13-7-5-6-8-14-20(4-2)16(22)10-12-18/h3-14H2,1-2H3. The van der Waals surface area contributed by atoms with E-state index >= 15 is 0 Å². The molecule has 0 rings (SSSR count). The van der Waals surface area contributed by atoms with Gasteiger partial charge in [0.2, 0.25) is 11.8 Å². The minimum absolute atomic E-state index is 0.140. The van der Waals surface area contributed by atoms with E-state index in [1.165, 1.54) is 0 Å². The second-order valence-corrected chi connectivity index (χ2v) is 5.99. The molecule has 4 nitrogen and oxygen atoms in total. The van der Waals surface area contributed by atoms with Gasteiger partial charge in [-0.3, -0.25) is 9.59 Å². The van der Waals surface area contributed by atoms with Gasteiger partial charge in [0.25, 0.3) is 0 Å². The molecule has 0 spiro atoms. The van der Waals surface area contributed by atoms with E-state index in [2.05, 4.69) is 0 Å². The highest BCUT2D eigenvalue weighted by Crippen LogP contribution is 2.06. The third-order valence-corrected chi connectivity index (χ3v) is 4.07. The lowest BCUT2D eigenvalue weighted by Crippen LogP contribution is -2.32. The Labute approximate surface area is 145 Å². The number of amides is 2. The molecule has 0 fully saturated rings. The van der Waals surface area contributed by atoms with Crippen molar-refractivity contribution < 1.29 is 9.59 Å². The Bertz CT molecular complexity index is 285. The Morgan fingerprint density at radius 2 is 1.09 bits per heavy atom. The van der Waals surface area contributed by atoms with Gasteiger partial charge in [0.05, 0.1) is 0 Å². The Balaban J connectivity index is 3.79. The lowest BCUT2D eigenvalue weighted by atomic mass is 10.1. The second kappa shape index (κ2) is 14.1. The van der Waals surface area contributed by atoms with Crippen LogP contribution in [0, 0.1) is 0 Å². The van der Waals surface area contributed by atoms with E-state index in [1.807, 2.05) is 23.6 Å². The zero-order chi connectivity index (χ0) is 16.8. The first-order chi connectivity index (χ1) is 10.6. The van der Waals surface area contributed by atoms with Crippen LogP contribution in [0.3, 0.4) is 0 Å². The summed E-state index contributed by atoms with van der Waals surface area (Å²) in [5.74, 6) is 1.06. The molecule has 0 aliphatic heterocycles. The van der Waals surface area contributed by atoms with Gasteiger partial charge in [0.15, 0.2) is 0 Å². The third kappa shape index (κ3) is 9.52. The van der Waals surface area contributed by atoms with E-state index in [4.69, 9.17) is 23.2 Å². The zero-order valence-corrected chi connectivity index (χ0v) is 15.5. The van der Waals surface area contributed by atoms with Gasteiger partial charge in [-0.05, 0) is 26.7 Å². The van der Waals surface area contributed by atoms with Crippen LogP contribution in [0.2, 0.25) is 0 Å². The summed E-state index contributed by atoms with van der Waals surface area (Å²) < 4.78 is 0. The molecule has 6 heteroatoms. The number of alkyl halides is 2. The summed E-state index contributed by atoms with van der Waals surface area (Å²) in [6.45, 7) is 7.07. The Morgan fingerprint density at radius 3 is 1.36 bits per heavy atom. The van der Waals surface area contributed by atoms with Crippen molar-refractivity contribution in [1.82, 2.24) is 9.80 Å². The first kappa shape index (κ1) is 21.5. The monoisotopic (exact) mass is 352 g/mol. The van der Waals surface area contributed by atoms with Gasteiger partial charge < -0.3 is 9.80 Å². The summed E-state index contributed by atoms with van der Waals surface area (Å²) in [7, 11) is 0. The fourth-order valence-electron chi connectivity index (χ4n) is 2.36. The SMILES string of the molecule is CCN(CCCCCCN(CC)C(=O)CCCl)C(=O)CCCl. The van der Waals surface area contributed by atoms with Crippen molar-refractivity contribution in [2.75, 3.05) is 37.9 Å². The first-order valence-corrected chi connectivity index (χ1v) is 9.35. The molecule has 0 bridgehead atoms. The van der Waals surface area contributed by atoms with Crippen LogP contribution in [0.15, 0.2) is 0 Å². The lowest BCUT2D eigenvalue weighted by molar-refractivity contribution is -0.131. The van der Waals surface area contributed by atoms with Gasteiger partial charge in [-0.15, -0.1) is 23.2 Å². The fourth-order valence-corrected chi connectivity index (χ4v) is 2.68. The molecular weight excluding hydrogens is 323 g/mol. The van der Waals surface area contributed by atoms with Crippen LogP contribution in [0.1, 0.15) is 52.4 Å². The predicted octanol–water partition coefficient (Wildman–Crippen LogP) is 3.50. The highest BCUT2D eigenvalue weighted by Gasteiger charge is 2.11. The highest BCUT2D eigenvalue weighted by molar-refractivity contribution is 6.19. The third-order valence-electron chi connectivity index (χ3n) is 3.69. The van der Waals surface area contributed by atoms with Crippen LogP contribution < -0.4 is 0 Å². The largest absolute Gasteiger partial charge is 0.343 e. The van der Waals surface area contributed by atoms with Gasteiger partial charge in [-0.25, -0.2) is 0 Å². The number of halogens is 2. The van der Waals surface area contributed by atoms with Crippen LogP contribution in [0.5, 0.6) is 0 Å². The molecule has 0 atom stereocenters. The number of hydrogen-bond donors (Lipinski definition) is 0. The molecular formula is C16H30Cl2N2O2. The van der Waals surface area contributed by atoms with E-state index in [1.54, 1.807) is 0 Å². The van der Waals surface area contributed by atoms with Crippen molar-refractivity contribution in [2.24, 2.45) is 0 Å². The fraction of sp³-hybridized carbons (Fsp3) is 0.875. The van der Waals surface area contributed by atoms with Gasteiger partial charge in [-0.2, -0.15) is 0 Å². The molecule has 22 heavy (non-hydrogen) atoms. The molecule has 0 heterocycles. The van der Waals surface area contributed by atoms with Gasteiger partial charge >= 0.3 is 0 Å². The predicted molar refractivity (Wildman–Crippen MR) is 93.7 cm³/mol. The molecule has 0 saturated heterocycles. The molecule has 0 unspecified atom stereocenters. The van der Waals surface area contributed by atoms with Crippen molar-refractivity contribution in [3.8, 4) is 0 Å². The normalized spacial score (nSPS) is 10.5. The summed E-state index contributed by atoms with van der Waals surface area (Å²) in [5, 5.41) is 0. The molecule has 0 aromatic rings. The van der Waals surface area contributed by atoms with Crippen molar-refractivity contribution in [3.63, 3.8) is 0 Å². The van der Waals surface area contributed by atoms with E-state index < -0.39 is 0 Å². The Morgan fingerprint density at radius 1 is 0.727 bits per heavy atom. The first-order valence-electron chi connectivity index (χ1n) is 8.28. The van der Waals surface area contributed by atoms with E-state index in [9.17, 15) is 9.59 Å². The molecule has 0 aliphatic carbocycles. The minimum atomic E-state index is 0.140. The number of hydrogen-bond acceptors (Lipinski definition) is 2. The molecule has 0 aromatic heterocycles. The maximum atomic E-state index is 11.7.